The molecule has 3 rings (SSSR count). The van der Waals surface area contributed by atoms with Crippen LogP contribution in [0.3, 0.4) is 0 Å². The van der Waals surface area contributed by atoms with Crippen LogP contribution in [0.5, 0.6) is 0 Å². The lowest BCUT2D eigenvalue weighted by atomic mass is 9.95. The van der Waals surface area contributed by atoms with E-state index in [0.29, 0.717) is 32.5 Å². The number of nitrogens with one attached hydrogen (secondary N) is 1. The molecule has 2 aromatic rings. The molecule has 1 aliphatic rings. The van der Waals surface area contributed by atoms with Crippen LogP contribution in [-0.4, -0.2) is 41.4 Å². The van der Waals surface area contributed by atoms with E-state index in [9.17, 15) is 14.9 Å². The van der Waals surface area contributed by atoms with Crippen molar-refractivity contribution in [2.24, 2.45) is 5.73 Å². The maximum absolute atomic E-state index is 12.5. The molecule has 0 saturated carbocycles. The number of nitrogens with zero attached hydrogens (tertiary/aromatic N) is 2. The maximum atomic E-state index is 12.5. The fourth-order valence-electron chi connectivity index (χ4n) is 3.42. The second-order valence-electron chi connectivity index (χ2n) is 6.81. The number of hydrogen-bond acceptors (Lipinski definition) is 5. The molecule has 142 valence electrons. The lowest BCUT2D eigenvalue weighted by Gasteiger charge is -2.16. The zero-order valence-corrected chi connectivity index (χ0v) is 15.1. The van der Waals surface area contributed by atoms with Crippen LogP contribution >= 0.6 is 0 Å². The highest BCUT2D eigenvalue weighted by molar-refractivity contribution is 5.76. The van der Waals surface area contributed by atoms with Gasteiger partial charge >= 0.3 is 0 Å². The highest BCUT2D eigenvalue weighted by Crippen LogP contribution is 2.26. The molecule has 1 aliphatic heterocycles. The molecule has 1 amide bonds. The van der Waals surface area contributed by atoms with Gasteiger partial charge in [-0.3, -0.25) is 14.9 Å². The van der Waals surface area contributed by atoms with Crippen LogP contribution in [0, 0.1) is 10.1 Å². The molecule has 0 aromatic heterocycles. The van der Waals surface area contributed by atoms with Gasteiger partial charge in [0.1, 0.15) is 0 Å². The number of hydrogen-bond donors (Lipinski definition) is 2. The molecule has 7 heteroatoms. The van der Waals surface area contributed by atoms with Crippen molar-refractivity contribution >= 4 is 17.3 Å². The first-order valence-corrected chi connectivity index (χ1v) is 9.11. The first-order valence-electron chi connectivity index (χ1n) is 9.11. The number of likely N-dealkylation sites (tertiary alicyclic amines) is 1. The Morgan fingerprint density at radius 3 is 2.52 bits per heavy atom. The van der Waals surface area contributed by atoms with Crippen molar-refractivity contribution in [3.63, 3.8) is 0 Å². The maximum Gasteiger partial charge on any atom is 0.269 e. The van der Waals surface area contributed by atoms with Gasteiger partial charge in [-0.05, 0) is 24.1 Å². The highest BCUT2D eigenvalue weighted by atomic mass is 16.6. The zero-order chi connectivity index (χ0) is 19.2. The van der Waals surface area contributed by atoms with Crippen LogP contribution in [0.1, 0.15) is 24.3 Å². The van der Waals surface area contributed by atoms with Crippen LogP contribution in [-0.2, 0) is 4.79 Å². The van der Waals surface area contributed by atoms with Crippen LogP contribution < -0.4 is 11.1 Å². The number of nitro benzene ring substituents is 1. The lowest BCUT2D eigenvalue weighted by Crippen LogP contribution is -2.32. The van der Waals surface area contributed by atoms with E-state index in [-0.39, 0.29) is 23.6 Å². The molecule has 3 N–H and O–H groups in total. The van der Waals surface area contributed by atoms with Gasteiger partial charge in [0.15, 0.2) is 0 Å². The zero-order valence-electron chi connectivity index (χ0n) is 15.1. The summed E-state index contributed by atoms with van der Waals surface area (Å²) in [6.07, 6.45) is 1.14. The molecule has 0 unspecified atom stereocenters. The second kappa shape index (κ2) is 8.64. The van der Waals surface area contributed by atoms with E-state index >= 15 is 0 Å². The molecule has 0 radical (unpaired) electrons. The minimum absolute atomic E-state index is 0.0328. The van der Waals surface area contributed by atoms with E-state index in [0.717, 1.165) is 5.69 Å². The summed E-state index contributed by atoms with van der Waals surface area (Å²) in [5, 5.41) is 13.8. The predicted octanol–water partition coefficient (Wildman–Crippen LogP) is 2.74. The minimum atomic E-state index is -0.425. The van der Waals surface area contributed by atoms with E-state index in [1.54, 1.807) is 12.1 Å². The molecule has 1 heterocycles. The molecule has 0 spiro atoms. The standard InChI is InChI=1S/C20H24N4O3/c21-19-14-23(13-18(19)15-5-2-1-3-6-15)20(25)7-4-12-22-16-8-10-17(11-9-16)24(26)27/h1-3,5-6,8-11,18-19,22H,4,7,12-14,21H2/t18-,19+/m0/s1. The molecule has 27 heavy (non-hydrogen) atoms. The van der Waals surface area contributed by atoms with E-state index in [2.05, 4.69) is 17.4 Å². The van der Waals surface area contributed by atoms with Gasteiger partial charge < -0.3 is 16.0 Å². The smallest absolute Gasteiger partial charge is 0.269 e. The number of nitrogens with two attached hydrogens (primary N) is 1. The van der Waals surface area contributed by atoms with Crippen molar-refractivity contribution in [1.82, 2.24) is 4.90 Å². The predicted molar refractivity (Wildman–Crippen MR) is 105 cm³/mol. The van der Waals surface area contributed by atoms with Crippen LogP contribution in [0.25, 0.3) is 0 Å². The Morgan fingerprint density at radius 1 is 1.15 bits per heavy atom. The fourth-order valence-corrected chi connectivity index (χ4v) is 3.42. The van der Waals surface area contributed by atoms with Crippen molar-refractivity contribution in [2.45, 2.75) is 24.8 Å². The van der Waals surface area contributed by atoms with Gasteiger partial charge in [-0.1, -0.05) is 30.3 Å². The monoisotopic (exact) mass is 368 g/mol. The normalized spacial score (nSPS) is 19.1. The summed E-state index contributed by atoms with van der Waals surface area (Å²) in [6.45, 7) is 1.89. The largest absolute Gasteiger partial charge is 0.385 e. The van der Waals surface area contributed by atoms with Gasteiger partial charge in [-0.15, -0.1) is 0 Å². The third-order valence-corrected chi connectivity index (χ3v) is 4.92. The Hall–Kier alpha value is -2.93. The van der Waals surface area contributed by atoms with E-state index in [1.165, 1.54) is 17.7 Å². The molecular weight excluding hydrogens is 344 g/mol. The molecule has 2 aromatic carbocycles. The highest BCUT2D eigenvalue weighted by Gasteiger charge is 2.33. The Labute approximate surface area is 158 Å². The summed E-state index contributed by atoms with van der Waals surface area (Å²) in [7, 11) is 0. The first kappa shape index (κ1) is 18.8. The van der Waals surface area contributed by atoms with Crippen molar-refractivity contribution in [1.29, 1.82) is 0 Å². The first-order chi connectivity index (χ1) is 13.0. The number of anilines is 1. The van der Waals surface area contributed by atoms with Crippen molar-refractivity contribution in [3.05, 3.63) is 70.3 Å². The molecule has 0 bridgehead atoms. The average Bonchev–Trinajstić information content (AvgIpc) is 3.08. The quantitative estimate of drug-likeness (QED) is 0.444. The Kier molecular flexibility index (Phi) is 6.03. The topological polar surface area (TPSA) is 102 Å². The third kappa shape index (κ3) is 4.83. The number of carbonyl (C=O) groups excluding carboxylic acids is 1. The molecular formula is C20H24N4O3. The number of rotatable bonds is 7. The summed E-state index contributed by atoms with van der Waals surface area (Å²) >= 11 is 0. The Bertz CT molecular complexity index is 780. The Balaban J connectivity index is 1.42. The summed E-state index contributed by atoms with van der Waals surface area (Å²) < 4.78 is 0. The van der Waals surface area contributed by atoms with Crippen molar-refractivity contribution in [2.75, 3.05) is 25.0 Å². The van der Waals surface area contributed by atoms with E-state index in [1.807, 2.05) is 23.1 Å². The van der Waals surface area contributed by atoms with Gasteiger partial charge in [0.05, 0.1) is 4.92 Å². The lowest BCUT2D eigenvalue weighted by molar-refractivity contribution is -0.384. The van der Waals surface area contributed by atoms with Gasteiger partial charge in [0, 0.05) is 55.8 Å². The summed E-state index contributed by atoms with van der Waals surface area (Å²) in [5.41, 5.74) is 8.30. The van der Waals surface area contributed by atoms with Crippen molar-refractivity contribution in [3.8, 4) is 0 Å². The Morgan fingerprint density at radius 2 is 1.85 bits per heavy atom. The molecule has 7 nitrogen and oxygen atoms in total. The van der Waals surface area contributed by atoms with Gasteiger partial charge in [-0.25, -0.2) is 0 Å². The fraction of sp³-hybridized carbons (Fsp3) is 0.350. The molecule has 0 aliphatic carbocycles. The summed E-state index contributed by atoms with van der Waals surface area (Å²) in [4.78, 5) is 24.5. The SMILES string of the molecule is N[C@@H]1CN(C(=O)CCCNc2ccc([N+](=O)[O-])cc2)C[C@H]1c1ccccc1. The number of carbonyl (C=O) groups is 1. The van der Waals surface area contributed by atoms with Gasteiger partial charge in [-0.2, -0.15) is 0 Å². The number of nitro groups is 1. The van der Waals surface area contributed by atoms with Crippen LogP contribution in [0.4, 0.5) is 11.4 Å². The second-order valence-corrected chi connectivity index (χ2v) is 6.81. The van der Waals surface area contributed by atoms with Crippen molar-refractivity contribution < 1.29 is 9.72 Å². The minimum Gasteiger partial charge on any atom is -0.385 e. The number of non-ortho nitro benzene ring substituents is 1. The number of benzene rings is 2. The van der Waals surface area contributed by atoms with E-state index < -0.39 is 4.92 Å². The number of amides is 1. The average molecular weight is 368 g/mol. The molecule has 1 fully saturated rings. The van der Waals surface area contributed by atoms with Crippen LogP contribution in [0.2, 0.25) is 0 Å². The van der Waals surface area contributed by atoms with Gasteiger partial charge in [0.2, 0.25) is 5.91 Å². The van der Waals surface area contributed by atoms with Gasteiger partial charge in [0.25, 0.3) is 5.69 Å². The van der Waals surface area contributed by atoms with E-state index in [4.69, 9.17) is 5.73 Å². The molecule has 2 atom stereocenters. The summed E-state index contributed by atoms with van der Waals surface area (Å²) in [5.74, 6) is 0.308. The molecule has 1 saturated heterocycles. The summed E-state index contributed by atoms with van der Waals surface area (Å²) in [6, 6.07) is 16.3. The third-order valence-electron chi connectivity index (χ3n) is 4.92. The van der Waals surface area contributed by atoms with Crippen LogP contribution in [0.15, 0.2) is 54.6 Å².